The molecule has 0 aliphatic carbocycles. The van der Waals surface area contributed by atoms with Gasteiger partial charge in [0.15, 0.2) is 0 Å². The summed E-state index contributed by atoms with van der Waals surface area (Å²) in [4.78, 5) is 0. The molecule has 0 saturated heterocycles. The van der Waals surface area contributed by atoms with Crippen molar-refractivity contribution in [2.45, 2.75) is 6.04 Å². The maximum atomic E-state index is 12.6. The van der Waals surface area contributed by atoms with Gasteiger partial charge < -0.3 is 15.9 Å². The molecule has 0 radical (unpaired) electrons. The minimum atomic E-state index is -0.735. The van der Waals surface area contributed by atoms with Crippen molar-refractivity contribution in [2.75, 3.05) is 6.61 Å². The highest BCUT2D eigenvalue weighted by Gasteiger charge is 2.10. The predicted molar refractivity (Wildman–Crippen MR) is 42.1 cm³/mol. The van der Waals surface area contributed by atoms with Gasteiger partial charge in [0.05, 0.1) is 12.6 Å². The molecular formula is C8H10FNO2. The number of phenolic OH excluding ortho intramolecular Hbond substituents is 1. The maximum absolute atomic E-state index is 12.6. The van der Waals surface area contributed by atoms with Crippen molar-refractivity contribution < 1.29 is 14.6 Å². The highest BCUT2D eigenvalue weighted by Crippen LogP contribution is 2.22. The fourth-order valence-electron chi connectivity index (χ4n) is 0.921. The number of rotatable bonds is 2. The third-order valence-corrected chi connectivity index (χ3v) is 1.59. The Morgan fingerprint density at radius 2 is 2.17 bits per heavy atom. The van der Waals surface area contributed by atoms with E-state index < -0.39 is 11.9 Å². The van der Waals surface area contributed by atoms with Crippen molar-refractivity contribution in [3.8, 4) is 5.75 Å². The molecule has 1 rings (SSSR count). The van der Waals surface area contributed by atoms with Gasteiger partial charge in [-0.25, -0.2) is 4.39 Å². The molecule has 4 heteroatoms. The summed E-state index contributed by atoms with van der Waals surface area (Å²) in [6.45, 7) is -0.322. The standard InChI is InChI=1S/C8H10FNO2/c9-5-1-2-8(12)6(3-5)7(10)4-11/h1-3,7,11-12H,4,10H2/t7-/m0/s1. The van der Waals surface area contributed by atoms with E-state index >= 15 is 0 Å². The zero-order valence-electron chi connectivity index (χ0n) is 6.37. The third kappa shape index (κ3) is 1.72. The highest BCUT2D eigenvalue weighted by atomic mass is 19.1. The smallest absolute Gasteiger partial charge is 0.123 e. The lowest BCUT2D eigenvalue weighted by Gasteiger charge is -2.09. The van der Waals surface area contributed by atoms with Gasteiger partial charge in [0.2, 0.25) is 0 Å². The Bertz CT molecular complexity index is 278. The second-order valence-electron chi connectivity index (χ2n) is 2.49. The molecule has 0 unspecified atom stereocenters. The van der Waals surface area contributed by atoms with Gasteiger partial charge in [-0.3, -0.25) is 0 Å². The van der Waals surface area contributed by atoms with E-state index in [0.29, 0.717) is 0 Å². The van der Waals surface area contributed by atoms with Gasteiger partial charge >= 0.3 is 0 Å². The molecule has 0 saturated carbocycles. The number of halogens is 1. The summed E-state index contributed by atoms with van der Waals surface area (Å²) in [5.74, 6) is -0.579. The van der Waals surface area contributed by atoms with Crippen molar-refractivity contribution in [1.29, 1.82) is 0 Å². The van der Waals surface area contributed by atoms with Crippen LogP contribution in [-0.4, -0.2) is 16.8 Å². The third-order valence-electron chi connectivity index (χ3n) is 1.59. The number of aliphatic hydroxyl groups excluding tert-OH is 1. The topological polar surface area (TPSA) is 66.5 Å². The van der Waals surface area contributed by atoms with Crippen molar-refractivity contribution in [2.24, 2.45) is 5.73 Å². The Kier molecular flexibility index (Phi) is 2.62. The molecule has 66 valence electrons. The van der Waals surface area contributed by atoms with Crippen LogP contribution in [0.2, 0.25) is 0 Å². The number of aromatic hydroxyl groups is 1. The SMILES string of the molecule is N[C@@H](CO)c1cc(F)ccc1O. The fourth-order valence-corrected chi connectivity index (χ4v) is 0.921. The van der Waals surface area contributed by atoms with Crippen LogP contribution >= 0.6 is 0 Å². The summed E-state index contributed by atoms with van der Waals surface area (Å²) in [6, 6.07) is 2.71. The predicted octanol–water partition coefficient (Wildman–Crippen LogP) is 0.523. The Balaban J connectivity index is 3.04. The summed E-state index contributed by atoms with van der Waals surface area (Å²) in [5.41, 5.74) is 5.61. The largest absolute Gasteiger partial charge is 0.508 e. The molecule has 12 heavy (non-hydrogen) atoms. The lowest BCUT2D eigenvalue weighted by atomic mass is 10.1. The molecule has 0 aliphatic rings. The van der Waals surface area contributed by atoms with Crippen LogP contribution < -0.4 is 5.73 Å². The lowest BCUT2D eigenvalue weighted by molar-refractivity contribution is 0.265. The number of nitrogens with two attached hydrogens (primary N) is 1. The van der Waals surface area contributed by atoms with E-state index in [1.807, 2.05) is 0 Å². The lowest BCUT2D eigenvalue weighted by Crippen LogP contribution is -2.14. The van der Waals surface area contributed by atoms with Crippen LogP contribution in [0.15, 0.2) is 18.2 Å². The van der Waals surface area contributed by atoms with Gasteiger partial charge in [0, 0.05) is 5.56 Å². The summed E-state index contributed by atoms with van der Waals surface area (Å²) < 4.78 is 12.6. The first-order valence-electron chi connectivity index (χ1n) is 3.50. The molecule has 0 spiro atoms. The fraction of sp³-hybridized carbons (Fsp3) is 0.250. The first-order chi connectivity index (χ1) is 5.65. The van der Waals surface area contributed by atoms with Gasteiger partial charge in [0.25, 0.3) is 0 Å². The van der Waals surface area contributed by atoms with Gasteiger partial charge in [0.1, 0.15) is 11.6 Å². The second kappa shape index (κ2) is 3.51. The summed E-state index contributed by atoms with van der Waals surface area (Å²) >= 11 is 0. The van der Waals surface area contributed by atoms with Crippen LogP contribution in [0.4, 0.5) is 4.39 Å². The highest BCUT2D eigenvalue weighted by molar-refractivity contribution is 5.34. The zero-order valence-corrected chi connectivity index (χ0v) is 6.37. The first kappa shape index (κ1) is 8.96. The van der Waals surface area contributed by atoms with E-state index in [0.717, 1.165) is 12.1 Å². The van der Waals surface area contributed by atoms with Crippen LogP contribution in [0.5, 0.6) is 5.75 Å². The minimum Gasteiger partial charge on any atom is -0.508 e. The molecule has 0 heterocycles. The average molecular weight is 171 g/mol. The van der Waals surface area contributed by atoms with E-state index in [4.69, 9.17) is 10.8 Å². The normalized spacial score (nSPS) is 12.9. The Labute approximate surface area is 69.3 Å². The molecule has 0 aromatic heterocycles. The molecule has 0 aliphatic heterocycles. The first-order valence-corrected chi connectivity index (χ1v) is 3.50. The van der Waals surface area contributed by atoms with Crippen LogP contribution in [0.3, 0.4) is 0 Å². The number of phenols is 1. The van der Waals surface area contributed by atoms with Crippen molar-refractivity contribution >= 4 is 0 Å². The Hall–Kier alpha value is -1.13. The zero-order chi connectivity index (χ0) is 9.14. The van der Waals surface area contributed by atoms with Crippen LogP contribution in [0, 0.1) is 5.82 Å². The van der Waals surface area contributed by atoms with Crippen LogP contribution in [0.1, 0.15) is 11.6 Å². The van der Waals surface area contributed by atoms with E-state index in [-0.39, 0.29) is 17.9 Å². The second-order valence-corrected chi connectivity index (χ2v) is 2.49. The molecular weight excluding hydrogens is 161 g/mol. The van der Waals surface area contributed by atoms with Crippen molar-refractivity contribution in [3.05, 3.63) is 29.6 Å². The van der Waals surface area contributed by atoms with Gasteiger partial charge in [-0.1, -0.05) is 0 Å². The van der Waals surface area contributed by atoms with Crippen molar-refractivity contribution in [1.82, 2.24) is 0 Å². The van der Waals surface area contributed by atoms with Crippen molar-refractivity contribution in [3.63, 3.8) is 0 Å². The van der Waals surface area contributed by atoms with E-state index in [9.17, 15) is 9.50 Å². The minimum absolute atomic E-state index is 0.0991. The summed E-state index contributed by atoms with van der Waals surface area (Å²) in [5, 5.41) is 17.8. The van der Waals surface area contributed by atoms with E-state index in [2.05, 4.69) is 0 Å². The van der Waals surface area contributed by atoms with Gasteiger partial charge in [-0.2, -0.15) is 0 Å². The molecule has 3 nitrogen and oxygen atoms in total. The molecule has 0 bridgehead atoms. The number of benzene rings is 1. The molecule has 0 fully saturated rings. The van der Waals surface area contributed by atoms with Gasteiger partial charge in [-0.15, -0.1) is 0 Å². The Morgan fingerprint density at radius 3 is 2.75 bits per heavy atom. The van der Waals surface area contributed by atoms with E-state index in [1.165, 1.54) is 6.07 Å². The number of hydrogen-bond acceptors (Lipinski definition) is 3. The quantitative estimate of drug-likeness (QED) is 0.607. The maximum Gasteiger partial charge on any atom is 0.123 e. The van der Waals surface area contributed by atoms with Crippen LogP contribution in [0.25, 0.3) is 0 Å². The van der Waals surface area contributed by atoms with Gasteiger partial charge in [-0.05, 0) is 18.2 Å². The number of aliphatic hydroxyl groups is 1. The summed E-state index contributed by atoms with van der Waals surface area (Å²) in [7, 11) is 0. The molecule has 0 amide bonds. The average Bonchev–Trinajstić information content (AvgIpc) is 2.08. The molecule has 4 N–H and O–H groups in total. The Morgan fingerprint density at radius 1 is 1.50 bits per heavy atom. The molecule has 1 aromatic rings. The van der Waals surface area contributed by atoms with E-state index in [1.54, 1.807) is 0 Å². The molecule has 1 atom stereocenters. The van der Waals surface area contributed by atoms with Crippen LogP contribution in [-0.2, 0) is 0 Å². The number of hydrogen-bond donors (Lipinski definition) is 3. The monoisotopic (exact) mass is 171 g/mol. The summed E-state index contributed by atoms with van der Waals surface area (Å²) in [6.07, 6.45) is 0. The molecule has 1 aromatic carbocycles.